The fourth-order valence-corrected chi connectivity index (χ4v) is 1.95. The van der Waals surface area contributed by atoms with Crippen molar-refractivity contribution < 1.29 is 14.3 Å². The van der Waals surface area contributed by atoms with Gasteiger partial charge < -0.3 is 9.47 Å². The number of esters is 1. The Morgan fingerprint density at radius 1 is 1.28 bits per heavy atom. The van der Waals surface area contributed by atoms with Gasteiger partial charge in [0.1, 0.15) is 5.75 Å². The highest BCUT2D eigenvalue weighted by Crippen LogP contribution is 2.25. The Balaban J connectivity index is 2.86. The van der Waals surface area contributed by atoms with Gasteiger partial charge in [-0.15, -0.1) is 0 Å². The smallest absolute Gasteiger partial charge is 0.319 e. The van der Waals surface area contributed by atoms with Crippen LogP contribution in [0.5, 0.6) is 5.75 Å². The predicted octanol–water partition coefficient (Wildman–Crippen LogP) is 1.92. The fraction of sp³-hybridized carbons (Fsp3) is 0.500. The largest absolute Gasteiger partial charge is 0.496 e. The van der Waals surface area contributed by atoms with E-state index in [1.54, 1.807) is 7.11 Å². The lowest BCUT2D eigenvalue weighted by molar-refractivity contribution is -0.141. The van der Waals surface area contributed by atoms with Crippen molar-refractivity contribution in [2.24, 2.45) is 0 Å². The van der Waals surface area contributed by atoms with Crippen LogP contribution in [0, 0.1) is 13.8 Å². The van der Waals surface area contributed by atoms with Crippen LogP contribution in [-0.4, -0.2) is 38.7 Å². The van der Waals surface area contributed by atoms with Gasteiger partial charge in [0.25, 0.3) is 0 Å². The van der Waals surface area contributed by atoms with Crippen molar-refractivity contribution in [1.29, 1.82) is 0 Å². The first-order valence-corrected chi connectivity index (χ1v) is 5.87. The molecule has 0 aliphatic heterocycles. The van der Waals surface area contributed by atoms with Gasteiger partial charge >= 0.3 is 5.97 Å². The van der Waals surface area contributed by atoms with Crippen LogP contribution < -0.4 is 4.74 Å². The quantitative estimate of drug-likeness (QED) is 0.749. The predicted molar refractivity (Wildman–Crippen MR) is 70.8 cm³/mol. The molecule has 0 unspecified atom stereocenters. The van der Waals surface area contributed by atoms with Gasteiger partial charge in [0.2, 0.25) is 0 Å². The SMILES string of the molecule is COC(=O)CN(C)Cc1c(C)cc(C)cc1OC. The number of methoxy groups -OCH3 is 2. The van der Waals surface area contributed by atoms with Crippen molar-refractivity contribution in [2.45, 2.75) is 20.4 Å². The first-order valence-electron chi connectivity index (χ1n) is 5.87. The molecule has 0 saturated carbocycles. The van der Waals surface area contributed by atoms with Gasteiger partial charge in [-0.25, -0.2) is 0 Å². The molecule has 1 aromatic carbocycles. The summed E-state index contributed by atoms with van der Waals surface area (Å²) in [6.07, 6.45) is 0. The summed E-state index contributed by atoms with van der Waals surface area (Å²) in [5, 5.41) is 0. The van der Waals surface area contributed by atoms with Crippen LogP contribution >= 0.6 is 0 Å². The Bertz CT molecular complexity index is 429. The van der Waals surface area contributed by atoms with Gasteiger partial charge in [0, 0.05) is 12.1 Å². The molecule has 0 radical (unpaired) electrons. The van der Waals surface area contributed by atoms with Crippen LogP contribution in [0.25, 0.3) is 0 Å². The second-order valence-corrected chi connectivity index (χ2v) is 4.51. The number of rotatable bonds is 5. The lowest BCUT2D eigenvalue weighted by atomic mass is 10.0. The molecule has 0 aliphatic rings. The monoisotopic (exact) mass is 251 g/mol. The normalized spacial score (nSPS) is 10.6. The molecule has 100 valence electrons. The number of nitrogens with zero attached hydrogens (tertiary/aromatic N) is 1. The van der Waals surface area contributed by atoms with Crippen molar-refractivity contribution in [3.63, 3.8) is 0 Å². The summed E-state index contributed by atoms with van der Waals surface area (Å²) in [5.74, 6) is 0.630. The van der Waals surface area contributed by atoms with E-state index in [0.717, 1.165) is 11.3 Å². The second-order valence-electron chi connectivity index (χ2n) is 4.51. The lowest BCUT2D eigenvalue weighted by Crippen LogP contribution is -2.26. The number of hydrogen-bond donors (Lipinski definition) is 0. The van der Waals surface area contributed by atoms with E-state index < -0.39 is 0 Å². The molecule has 0 spiro atoms. The molecule has 0 heterocycles. The van der Waals surface area contributed by atoms with Crippen LogP contribution in [0.4, 0.5) is 0 Å². The average Bonchev–Trinajstić information content (AvgIpc) is 2.31. The van der Waals surface area contributed by atoms with Crippen molar-refractivity contribution >= 4 is 5.97 Å². The number of aryl methyl sites for hydroxylation is 2. The first-order chi connectivity index (χ1) is 8.47. The third-order valence-electron chi connectivity index (χ3n) is 2.85. The molecule has 0 aliphatic carbocycles. The van der Waals surface area contributed by atoms with Crippen LogP contribution in [0.15, 0.2) is 12.1 Å². The van der Waals surface area contributed by atoms with Crippen molar-refractivity contribution in [2.75, 3.05) is 27.8 Å². The van der Waals surface area contributed by atoms with Crippen LogP contribution in [0.3, 0.4) is 0 Å². The fourth-order valence-electron chi connectivity index (χ4n) is 1.95. The van der Waals surface area contributed by atoms with Gasteiger partial charge in [0.15, 0.2) is 0 Å². The van der Waals surface area contributed by atoms with Crippen LogP contribution in [0.1, 0.15) is 16.7 Å². The molecule has 0 N–H and O–H groups in total. The zero-order chi connectivity index (χ0) is 13.7. The molecule has 0 saturated heterocycles. The number of ether oxygens (including phenoxy) is 2. The summed E-state index contributed by atoms with van der Waals surface area (Å²) in [6, 6.07) is 4.12. The summed E-state index contributed by atoms with van der Waals surface area (Å²) in [7, 11) is 4.95. The molecule has 0 atom stereocenters. The highest BCUT2D eigenvalue weighted by molar-refractivity contribution is 5.71. The number of likely N-dealkylation sites (N-methyl/N-ethyl adjacent to an activating group) is 1. The van der Waals surface area contributed by atoms with Crippen molar-refractivity contribution in [1.82, 2.24) is 4.90 Å². The third-order valence-corrected chi connectivity index (χ3v) is 2.85. The number of carbonyl (C=O) groups is 1. The maximum Gasteiger partial charge on any atom is 0.319 e. The first kappa shape index (κ1) is 14.5. The van der Waals surface area contributed by atoms with Gasteiger partial charge in [-0.3, -0.25) is 9.69 Å². The minimum atomic E-state index is -0.235. The molecule has 0 fully saturated rings. The minimum absolute atomic E-state index is 0.235. The summed E-state index contributed by atoms with van der Waals surface area (Å²) >= 11 is 0. The Labute approximate surface area is 108 Å². The number of hydrogen-bond acceptors (Lipinski definition) is 4. The highest BCUT2D eigenvalue weighted by atomic mass is 16.5. The standard InChI is InChI=1S/C14H21NO3/c1-10-6-11(2)12(13(7-10)17-4)8-15(3)9-14(16)18-5/h6-7H,8-9H2,1-5H3. The Kier molecular flexibility index (Phi) is 5.16. The van der Waals surface area contributed by atoms with E-state index in [9.17, 15) is 4.79 Å². The van der Waals surface area contributed by atoms with Gasteiger partial charge in [0.05, 0.1) is 20.8 Å². The van der Waals surface area contributed by atoms with Crippen molar-refractivity contribution in [3.05, 3.63) is 28.8 Å². The van der Waals surface area contributed by atoms with Gasteiger partial charge in [-0.05, 0) is 38.1 Å². The highest BCUT2D eigenvalue weighted by Gasteiger charge is 2.12. The zero-order valence-corrected chi connectivity index (χ0v) is 11.7. The molecule has 4 nitrogen and oxygen atoms in total. The van der Waals surface area contributed by atoms with Crippen LogP contribution in [-0.2, 0) is 16.1 Å². The molecule has 0 aromatic heterocycles. The van der Waals surface area contributed by atoms with E-state index in [-0.39, 0.29) is 12.5 Å². The Morgan fingerprint density at radius 3 is 2.50 bits per heavy atom. The summed E-state index contributed by atoms with van der Waals surface area (Å²) in [6.45, 7) is 5.02. The van der Waals surface area contributed by atoms with E-state index >= 15 is 0 Å². The van der Waals surface area contributed by atoms with E-state index in [2.05, 4.69) is 17.7 Å². The number of carbonyl (C=O) groups excluding carboxylic acids is 1. The molecular weight excluding hydrogens is 230 g/mol. The number of benzene rings is 1. The summed E-state index contributed by atoms with van der Waals surface area (Å²) in [4.78, 5) is 13.1. The van der Waals surface area contributed by atoms with Crippen molar-refractivity contribution in [3.8, 4) is 5.75 Å². The van der Waals surface area contributed by atoms with Gasteiger partial charge in [-0.2, -0.15) is 0 Å². The maximum atomic E-state index is 11.2. The van der Waals surface area contributed by atoms with E-state index in [1.165, 1.54) is 18.2 Å². The van der Waals surface area contributed by atoms with E-state index in [4.69, 9.17) is 4.74 Å². The van der Waals surface area contributed by atoms with Crippen LogP contribution in [0.2, 0.25) is 0 Å². The molecule has 0 amide bonds. The zero-order valence-electron chi connectivity index (χ0n) is 11.7. The molecule has 0 bridgehead atoms. The van der Waals surface area contributed by atoms with E-state index in [0.29, 0.717) is 6.54 Å². The minimum Gasteiger partial charge on any atom is -0.496 e. The topological polar surface area (TPSA) is 38.8 Å². The lowest BCUT2D eigenvalue weighted by Gasteiger charge is -2.19. The Morgan fingerprint density at radius 2 is 1.94 bits per heavy atom. The molecule has 18 heavy (non-hydrogen) atoms. The second kappa shape index (κ2) is 6.40. The summed E-state index contributed by atoms with van der Waals surface area (Å²) in [5.41, 5.74) is 3.45. The summed E-state index contributed by atoms with van der Waals surface area (Å²) < 4.78 is 10.0. The maximum absolute atomic E-state index is 11.2. The molecule has 1 rings (SSSR count). The molecule has 4 heteroatoms. The van der Waals surface area contributed by atoms with Gasteiger partial charge in [-0.1, -0.05) is 6.07 Å². The van der Waals surface area contributed by atoms with E-state index in [1.807, 2.05) is 24.9 Å². The molecule has 1 aromatic rings. The Hall–Kier alpha value is -1.55. The average molecular weight is 251 g/mol. The molecular formula is C14H21NO3. The third kappa shape index (κ3) is 3.74.